The molecular weight excluding hydrogens is 633 g/mol. The van der Waals surface area contributed by atoms with Crippen molar-refractivity contribution in [1.29, 1.82) is 0 Å². The van der Waals surface area contributed by atoms with Gasteiger partial charge in [-0.25, -0.2) is 16.8 Å². The second-order valence-corrected chi connectivity index (χ2v) is 12.0. The van der Waals surface area contributed by atoms with Gasteiger partial charge in [0.2, 0.25) is 0 Å². The molecule has 0 saturated heterocycles. The number of rotatable bonds is 10. The zero-order chi connectivity index (χ0) is 33.5. The summed E-state index contributed by atoms with van der Waals surface area (Å²) in [5.74, 6) is 0. The summed E-state index contributed by atoms with van der Waals surface area (Å²) in [6, 6.07) is 2.89. The summed E-state index contributed by atoms with van der Waals surface area (Å²) in [7, 11) is -9.12. The van der Waals surface area contributed by atoms with Crippen molar-refractivity contribution in [3.63, 3.8) is 0 Å². The van der Waals surface area contributed by atoms with Crippen LogP contribution in [0.4, 0.5) is 0 Å². The molecule has 0 aliphatic rings. The molecule has 0 aliphatic carbocycles. The molecule has 0 saturated carbocycles. The fraction of sp³-hybridized carbons (Fsp3) is 0.222. The molecule has 6 nitrogen and oxygen atoms in total. The Morgan fingerprint density at radius 1 is 0.400 bits per heavy atom. The maximum absolute atomic E-state index is 11.7. The Kier molecular flexibility index (Phi) is 19.4. The summed E-state index contributed by atoms with van der Waals surface area (Å²) in [4.78, 5) is -0.389. The Labute approximate surface area is 300 Å². The molecule has 0 unspecified atom stereocenters. The Morgan fingerprint density at radius 3 is 0.844 bits per heavy atom. The van der Waals surface area contributed by atoms with Crippen molar-refractivity contribution in [3.05, 3.63) is 105 Å². The first-order chi connectivity index (χ1) is 20.8. The molecule has 9 heteroatoms. The predicted octanol–water partition coefficient (Wildman–Crippen LogP) is 9.07. The van der Waals surface area contributed by atoms with Crippen LogP contribution in [0, 0.1) is 0 Å². The van der Waals surface area contributed by atoms with Gasteiger partial charge < -0.3 is 9.11 Å². The van der Waals surface area contributed by atoms with Crippen molar-refractivity contribution < 1.29 is 25.9 Å². The van der Waals surface area contributed by atoms with Crippen molar-refractivity contribution >= 4 is 107 Å². The number of allylic oxidation sites excluding steroid dienone is 8. The van der Waals surface area contributed by atoms with Crippen molar-refractivity contribution in [1.82, 2.24) is 0 Å². The van der Waals surface area contributed by atoms with Gasteiger partial charge in [0.05, 0.1) is 9.79 Å². The molecule has 0 bridgehead atoms. The Morgan fingerprint density at radius 2 is 0.622 bits per heavy atom. The van der Waals surface area contributed by atoms with E-state index in [4.69, 9.17) is 0 Å². The van der Waals surface area contributed by atoms with Gasteiger partial charge in [0, 0.05) is 0 Å². The molecule has 45 heavy (non-hydrogen) atoms. The minimum atomic E-state index is -4.56. The largest absolute Gasteiger partial charge is 2.00 e. The fourth-order valence-corrected chi connectivity index (χ4v) is 6.02. The molecule has 0 aliphatic heterocycles. The van der Waals surface area contributed by atoms with Gasteiger partial charge in [-0.3, -0.25) is 0 Å². The molecule has 0 aromatic heterocycles. The molecule has 2 aromatic carbocycles. The number of hydrogen-bond donors (Lipinski definition) is 0. The Balaban J connectivity index is 0.000000842. The van der Waals surface area contributed by atoms with E-state index in [0.29, 0.717) is 22.3 Å². The summed E-state index contributed by atoms with van der Waals surface area (Å²) in [6.07, 6.45) is 28.9. The van der Waals surface area contributed by atoms with Crippen LogP contribution in [0.1, 0.15) is 99.9 Å². The van der Waals surface area contributed by atoms with Gasteiger partial charge in [-0.05, 0) is 112 Å². The van der Waals surface area contributed by atoms with Crippen molar-refractivity contribution in [2.75, 3.05) is 0 Å². The van der Waals surface area contributed by atoms with Crippen LogP contribution in [-0.2, 0) is 20.2 Å². The summed E-state index contributed by atoms with van der Waals surface area (Å²) in [6.45, 7) is 14.8. The zero-order valence-corrected chi connectivity index (χ0v) is 31.2. The molecule has 0 radical (unpaired) electrons. The van der Waals surface area contributed by atoms with Crippen LogP contribution < -0.4 is 0 Å². The van der Waals surface area contributed by atoms with Gasteiger partial charge in [0.15, 0.2) is 0 Å². The standard InChI is InChI=1S/2C18H22O3S.Ca/c2*1-5-9-14-13-18(22(19,20)21)17(12-8-4)16(11-7-3)15(14)10-6-2;/h2*5-13H,1-4H3,(H,19,20,21);/q;;+2/p-2. The van der Waals surface area contributed by atoms with Crippen LogP contribution in [0.5, 0.6) is 0 Å². The van der Waals surface area contributed by atoms with E-state index in [9.17, 15) is 25.9 Å². The van der Waals surface area contributed by atoms with Crippen LogP contribution in [-0.4, -0.2) is 63.7 Å². The van der Waals surface area contributed by atoms with E-state index in [1.54, 1.807) is 50.3 Å². The van der Waals surface area contributed by atoms with Crippen LogP contribution >= 0.6 is 0 Å². The van der Waals surface area contributed by atoms with E-state index in [1.165, 1.54) is 12.1 Å². The average Bonchev–Trinajstić information content (AvgIpc) is 2.94. The molecule has 0 heterocycles. The minimum Gasteiger partial charge on any atom is -0.744 e. The first kappa shape index (κ1) is 42.4. The van der Waals surface area contributed by atoms with E-state index in [2.05, 4.69) is 0 Å². The maximum atomic E-state index is 11.7. The van der Waals surface area contributed by atoms with Gasteiger partial charge in [0.1, 0.15) is 20.2 Å². The van der Waals surface area contributed by atoms with Gasteiger partial charge in [-0.2, -0.15) is 0 Å². The van der Waals surface area contributed by atoms with Crippen LogP contribution in [0.3, 0.4) is 0 Å². The van der Waals surface area contributed by atoms with Crippen molar-refractivity contribution in [2.45, 2.75) is 65.2 Å². The molecule has 2 rings (SSSR count). The zero-order valence-electron chi connectivity index (χ0n) is 27.4. The normalized spacial score (nSPS) is 13.0. The van der Waals surface area contributed by atoms with Gasteiger partial charge >= 0.3 is 37.7 Å². The fourth-order valence-electron chi connectivity index (χ4n) is 4.58. The van der Waals surface area contributed by atoms with E-state index in [1.807, 2.05) is 102 Å². The molecule has 0 atom stereocenters. The second kappa shape index (κ2) is 20.5. The van der Waals surface area contributed by atoms with Crippen LogP contribution in [0.2, 0.25) is 0 Å². The summed E-state index contributed by atoms with van der Waals surface area (Å²) < 4.78 is 69.9. The maximum Gasteiger partial charge on any atom is 2.00 e. The van der Waals surface area contributed by atoms with Gasteiger partial charge in [0.25, 0.3) is 0 Å². The summed E-state index contributed by atoms with van der Waals surface area (Å²) >= 11 is 0. The predicted molar refractivity (Wildman–Crippen MR) is 192 cm³/mol. The minimum absolute atomic E-state index is 0. The molecule has 236 valence electrons. The third-order valence-corrected chi connectivity index (χ3v) is 7.87. The molecular formula is C36H42CaO6S2. The van der Waals surface area contributed by atoms with Gasteiger partial charge in [-0.15, -0.1) is 0 Å². The average molecular weight is 675 g/mol. The summed E-state index contributed by atoms with van der Waals surface area (Å²) in [5.41, 5.74) is 5.49. The first-order valence-corrected chi connectivity index (χ1v) is 17.0. The van der Waals surface area contributed by atoms with Crippen LogP contribution in [0.15, 0.2) is 70.5 Å². The smallest absolute Gasteiger partial charge is 0.744 e. The third kappa shape index (κ3) is 12.0. The summed E-state index contributed by atoms with van der Waals surface area (Å²) in [5, 5.41) is 0. The molecule has 0 spiro atoms. The Hall–Kier alpha value is -2.56. The topological polar surface area (TPSA) is 114 Å². The third-order valence-electron chi connectivity index (χ3n) is 6.12. The Bertz CT molecular complexity index is 1640. The van der Waals surface area contributed by atoms with E-state index >= 15 is 0 Å². The molecule has 0 N–H and O–H groups in total. The first-order valence-electron chi connectivity index (χ1n) is 14.2. The number of hydrogen-bond acceptors (Lipinski definition) is 6. The second-order valence-electron chi connectivity index (χ2n) is 9.32. The quantitative estimate of drug-likeness (QED) is 0.183. The number of benzene rings is 2. The molecule has 2 aromatic rings. The van der Waals surface area contributed by atoms with Crippen molar-refractivity contribution in [3.8, 4) is 0 Å². The SMILES string of the molecule is CC=Cc1cc(S(=O)(=O)[O-])c(C=CC)c(C=CC)c1C=CC.CC=Cc1cc(S(=O)(=O)[O-])c(C=CC)c(C=CC)c1C=CC.[Ca+2]. The molecule has 0 amide bonds. The van der Waals surface area contributed by atoms with E-state index < -0.39 is 20.2 Å². The van der Waals surface area contributed by atoms with Crippen molar-refractivity contribution in [2.24, 2.45) is 0 Å². The van der Waals surface area contributed by atoms with Crippen LogP contribution in [0.25, 0.3) is 48.6 Å². The van der Waals surface area contributed by atoms with E-state index in [0.717, 1.165) is 22.3 Å². The monoisotopic (exact) mass is 674 g/mol. The molecule has 0 fully saturated rings. The van der Waals surface area contributed by atoms with Gasteiger partial charge in [-0.1, -0.05) is 97.2 Å². The van der Waals surface area contributed by atoms with E-state index in [-0.39, 0.29) is 47.5 Å².